The summed E-state index contributed by atoms with van der Waals surface area (Å²) in [6.45, 7) is 5.95. The Labute approximate surface area is 119 Å². The maximum atomic E-state index is 12.4. The number of anilines is 1. The lowest BCUT2D eigenvalue weighted by atomic mass is 10.2. The molecule has 0 aliphatic carbocycles. The molecule has 4 nitrogen and oxygen atoms in total. The molecule has 1 amide bonds. The lowest BCUT2D eigenvalue weighted by Gasteiger charge is -2.33. The molecule has 1 unspecified atom stereocenters. The minimum Gasteiger partial charge on any atom is -0.370 e. The molecule has 0 radical (unpaired) electrons. The molecule has 1 atom stereocenters. The highest BCUT2D eigenvalue weighted by molar-refractivity contribution is 7.99. The number of thioether (sulfide) groups is 1. The van der Waals surface area contributed by atoms with Crippen molar-refractivity contribution in [1.82, 2.24) is 9.88 Å². The molecular weight excluding hydrogens is 258 g/mol. The van der Waals surface area contributed by atoms with Crippen molar-refractivity contribution in [3.05, 3.63) is 23.9 Å². The van der Waals surface area contributed by atoms with Crippen molar-refractivity contribution in [2.45, 2.75) is 26.3 Å². The van der Waals surface area contributed by atoms with E-state index in [0.29, 0.717) is 11.6 Å². The van der Waals surface area contributed by atoms with Crippen LogP contribution in [0.1, 0.15) is 30.6 Å². The molecule has 1 fully saturated rings. The highest BCUT2D eigenvalue weighted by Crippen LogP contribution is 2.18. The molecule has 0 saturated carbocycles. The van der Waals surface area contributed by atoms with E-state index in [1.54, 1.807) is 6.20 Å². The van der Waals surface area contributed by atoms with E-state index in [1.807, 2.05) is 28.8 Å². The monoisotopic (exact) mass is 279 g/mol. The highest BCUT2D eigenvalue weighted by Gasteiger charge is 2.24. The summed E-state index contributed by atoms with van der Waals surface area (Å²) < 4.78 is 0. The Kier molecular flexibility index (Phi) is 5.07. The summed E-state index contributed by atoms with van der Waals surface area (Å²) in [7, 11) is 0. The first-order valence-corrected chi connectivity index (χ1v) is 7.96. The summed E-state index contributed by atoms with van der Waals surface area (Å²) in [6, 6.07) is 4.05. The Hall–Kier alpha value is -1.23. The van der Waals surface area contributed by atoms with E-state index in [2.05, 4.69) is 24.1 Å². The average molecular weight is 279 g/mol. The summed E-state index contributed by atoms with van der Waals surface area (Å²) in [5, 5.41) is 3.21. The highest BCUT2D eigenvalue weighted by atomic mass is 32.2. The van der Waals surface area contributed by atoms with Gasteiger partial charge in [0.25, 0.3) is 5.91 Å². The third-order valence-electron chi connectivity index (χ3n) is 3.20. The largest absolute Gasteiger partial charge is 0.370 e. The van der Waals surface area contributed by atoms with E-state index in [4.69, 9.17) is 0 Å². The molecule has 5 heteroatoms. The number of carbonyl (C=O) groups excluding carboxylic acids is 1. The molecule has 2 heterocycles. The van der Waals surface area contributed by atoms with Crippen molar-refractivity contribution in [1.29, 1.82) is 0 Å². The molecule has 19 heavy (non-hydrogen) atoms. The number of rotatable bonds is 4. The number of pyridine rings is 1. The minimum atomic E-state index is 0.0994. The van der Waals surface area contributed by atoms with E-state index in [9.17, 15) is 4.79 Å². The van der Waals surface area contributed by atoms with E-state index < -0.39 is 0 Å². The van der Waals surface area contributed by atoms with Crippen molar-refractivity contribution in [3.63, 3.8) is 0 Å². The average Bonchev–Trinajstić information content (AvgIpc) is 2.45. The van der Waals surface area contributed by atoms with Gasteiger partial charge in [-0.25, -0.2) is 4.98 Å². The number of amides is 1. The third-order valence-corrected chi connectivity index (χ3v) is 4.38. The zero-order valence-corrected chi connectivity index (χ0v) is 12.4. The van der Waals surface area contributed by atoms with Crippen LogP contribution >= 0.6 is 11.8 Å². The lowest BCUT2D eigenvalue weighted by molar-refractivity contribution is 0.0715. The van der Waals surface area contributed by atoms with Gasteiger partial charge in [-0.05, 0) is 25.5 Å². The smallest absolute Gasteiger partial charge is 0.255 e. The van der Waals surface area contributed by atoms with E-state index in [0.717, 1.165) is 36.8 Å². The van der Waals surface area contributed by atoms with Crippen LogP contribution in [0.15, 0.2) is 18.3 Å². The van der Waals surface area contributed by atoms with Crippen LogP contribution in [0.4, 0.5) is 5.82 Å². The predicted molar refractivity (Wildman–Crippen MR) is 80.8 cm³/mol. The fraction of sp³-hybridized carbons (Fsp3) is 0.571. The zero-order chi connectivity index (χ0) is 13.7. The van der Waals surface area contributed by atoms with Gasteiger partial charge in [0, 0.05) is 36.8 Å². The van der Waals surface area contributed by atoms with Crippen LogP contribution < -0.4 is 5.32 Å². The number of nitrogens with one attached hydrogen (secondary N) is 1. The summed E-state index contributed by atoms with van der Waals surface area (Å²) >= 11 is 1.91. The number of hydrogen-bond acceptors (Lipinski definition) is 4. The maximum Gasteiger partial charge on any atom is 0.255 e. The van der Waals surface area contributed by atoms with Gasteiger partial charge in [0.05, 0.1) is 5.56 Å². The van der Waals surface area contributed by atoms with Crippen molar-refractivity contribution in [2.75, 3.05) is 29.9 Å². The van der Waals surface area contributed by atoms with Gasteiger partial charge in [0.15, 0.2) is 0 Å². The van der Waals surface area contributed by atoms with Crippen molar-refractivity contribution in [3.8, 4) is 0 Å². The van der Waals surface area contributed by atoms with Crippen LogP contribution in [0.2, 0.25) is 0 Å². The first-order valence-electron chi connectivity index (χ1n) is 6.81. The van der Waals surface area contributed by atoms with Crippen LogP contribution in [0.25, 0.3) is 0 Å². The van der Waals surface area contributed by atoms with Crippen molar-refractivity contribution < 1.29 is 4.79 Å². The Morgan fingerprint density at radius 2 is 2.42 bits per heavy atom. The zero-order valence-electron chi connectivity index (χ0n) is 11.6. The molecule has 104 valence electrons. The number of nitrogens with zero attached hydrogens (tertiary/aromatic N) is 2. The minimum absolute atomic E-state index is 0.0994. The Morgan fingerprint density at radius 3 is 3.05 bits per heavy atom. The normalized spacial score (nSPS) is 19.3. The van der Waals surface area contributed by atoms with Crippen LogP contribution in [0, 0.1) is 0 Å². The van der Waals surface area contributed by atoms with E-state index >= 15 is 0 Å². The maximum absolute atomic E-state index is 12.4. The first-order chi connectivity index (χ1) is 9.22. The molecule has 0 bridgehead atoms. The first kappa shape index (κ1) is 14.2. The fourth-order valence-electron chi connectivity index (χ4n) is 2.07. The molecule has 2 rings (SSSR count). The van der Waals surface area contributed by atoms with Gasteiger partial charge >= 0.3 is 0 Å². The second-order valence-electron chi connectivity index (χ2n) is 4.78. The van der Waals surface area contributed by atoms with Crippen LogP contribution in [0.3, 0.4) is 0 Å². The Bertz CT molecular complexity index is 421. The molecule has 1 aliphatic rings. The van der Waals surface area contributed by atoms with Gasteiger partial charge in [-0.1, -0.05) is 6.92 Å². The number of carbonyl (C=O) groups is 1. The Morgan fingerprint density at radius 1 is 1.58 bits per heavy atom. The number of aromatic nitrogens is 1. The second kappa shape index (κ2) is 6.80. The van der Waals surface area contributed by atoms with Crippen LogP contribution in [0.5, 0.6) is 0 Å². The van der Waals surface area contributed by atoms with Crippen molar-refractivity contribution in [2.24, 2.45) is 0 Å². The van der Waals surface area contributed by atoms with Gasteiger partial charge in [0.2, 0.25) is 0 Å². The van der Waals surface area contributed by atoms with Gasteiger partial charge in [-0.2, -0.15) is 11.8 Å². The van der Waals surface area contributed by atoms with Crippen molar-refractivity contribution >= 4 is 23.5 Å². The quantitative estimate of drug-likeness (QED) is 0.919. The Balaban J connectivity index is 2.02. The van der Waals surface area contributed by atoms with E-state index in [1.165, 1.54) is 0 Å². The molecule has 1 N–H and O–H groups in total. The SMILES string of the molecule is CCCNc1ccc(C(=O)N2CCSCC2C)cn1. The van der Waals surface area contributed by atoms with Gasteiger partial charge in [-0.3, -0.25) is 4.79 Å². The summed E-state index contributed by atoms with van der Waals surface area (Å²) in [5.74, 6) is 2.98. The predicted octanol–water partition coefficient (Wildman–Crippen LogP) is 2.48. The van der Waals surface area contributed by atoms with Crippen LogP contribution in [-0.4, -0.2) is 46.4 Å². The molecule has 0 spiro atoms. The molecule has 1 aromatic heterocycles. The molecule has 1 aromatic rings. The lowest BCUT2D eigenvalue weighted by Crippen LogP contribution is -2.44. The van der Waals surface area contributed by atoms with Crippen LogP contribution in [-0.2, 0) is 0 Å². The third kappa shape index (κ3) is 3.62. The standard InChI is InChI=1S/C14H21N3OS/c1-3-6-15-13-5-4-12(9-16-13)14(18)17-7-8-19-10-11(17)2/h4-5,9,11H,3,6-8,10H2,1-2H3,(H,15,16). The van der Waals surface area contributed by atoms with Gasteiger partial charge in [-0.15, -0.1) is 0 Å². The fourth-order valence-corrected chi connectivity index (χ4v) is 3.09. The number of hydrogen-bond donors (Lipinski definition) is 1. The molecule has 0 aromatic carbocycles. The van der Waals surface area contributed by atoms with Gasteiger partial charge < -0.3 is 10.2 Å². The molecule has 1 saturated heterocycles. The summed E-state index contributed by atoms with van der Waals surface area (Å²) in [5.41, 5.74) is 0.681. The molecule has 1 aliphatic heterocycles. The topological polar surface area (TPSA) is 45.2 Å². The summed E-state index contributed by atoms with van der Waals surface area (Å²) in [6.07, 6.45) is 2.74. The summed E-state index contributed by atoms with van der Waals surface area (Å²) in [4.78, 5) is 18.6. The molecular formula is C14H21N3OS. The second-order valence-corrected chi connectivity index (χ2v) is 5.93. The van der Waals surface area contributed by atoms with Gasteiger partial charge in [0.1, 0.15) is 5.82 Å². The van der Waals surface area contributed by atoms with E-state index in [-0.39, 0.29) is 5.91 Å².